The molecule has 6 heteroatoms. The number of nitrogens with zero attached hydrogens (tertiary/aromatic N) is 1. The fourth-order valence-electron chi connectivity index (χ4n) is 1.19. The van der Waals surface area contributed by atoms with Gasteiger partial charge in [0.1, 0.15) is 5.75 Å². The van der Waals surface area contributed by atoms with E-state index in [2.05, 4.69) is 14.7 Å². The molecule has 6 nitrogen and oxygen atoms in total. The minimum atomic E-state index is -0.850. The number of aromatic nitrogens is 2. The second-order valence-corrected chi connectivity index (χ2v) is 2.72. The Morgan fingerprint density at radius 2 is 2.29 bits per heavy atom. The number of aromatic amines is 1. The molecule has 0 atom stereocenters. The van der Waals surface area contributed by atoms with E-state index in [4.69, 9.17) is 11.5 Å². The first-order chi connectivity index (χ1) is 6.65. The predicted molar refractivity (Wildman–Crippen MR) is 50.7 cm³/mol. The molecule has 2 rings (SSSR count). The molecular formula is C8H8N4O2. The lowest BCUT2D eigenvalue weighted by Gasteiger charge is -1.98. The van der Waals surface area contributed by atoms with Crippen LogP contribution in [0.5, 0.6) is 5.75 Å². The molecule has 5 N–H and O–H groups in total. The number of hydrogen-bond acceptors (Lipinski definition) is 4. The van der Waals surface area contributed by atoms with Gasteiger partial charge in [-0.05, 0) is 12.1 Å². The SMILES string of the molecule is NC(=O)Oc1ccc2nc(N)[nH]c2c1. The second-order valence-electron chi connectivity index (χ2n) is 2.72. The Morgan fingerprint density at radius 1 is 1.50 bits per heavy atom. The molecule has 0 saturated heterocycles. The number of fused-ring (bicyclic) bond motifs is 1. The smallest absolute Gasteiger partial charge is 0.409 e. The number of amides is 1. The van der Waals surface area contributed by atoms with E-state index in [0.29, 0.717) is 22.7 Å². The first-order valence-electron chi connectivity index (χ1n) is 3.87. The zero-order chi connectivity index (χ0) is 10.1. The lowest BCUT2D eigenvalue weighted by atomic mass is 10.3. The molecule has 2 aromatic rings. The summed E-state index contributed by atoms with van der Waals surface area (Å²) in [6.07, 6.45) is -0.850. The summed E-state index contributed by atoms with van der Waals surface area (Å²) in [5.74, 6) is 0.671. The molecule has 1 aromatic heterocycles. The van der Waals surface area contributed by atoms with E-state index in [9.17, 15) is 4.79 Å². The maximum Gasteiger partial charge on any atom is 0.409 e. The summed E-state index contributed by atoms with van der Waals surface area (Å²) in [4.78, 5) is 17.3. The number of nitrogens with one attached hydrogen (secondary N) is 1. The Hall–Kier alpha value is -2.24. The van der Waals surface area contributed by atoms with Crippen molar-refractivity contribution in [1.29, 1.82) is 0 Å². The number of primary amides is 1. The number of ether oxygens (including phenoxy) is 1. The molecule has 0 aliphatic heterocycles. The van der Waals surface area contributed by atoms with E-state index in [1.54, 1.807) is 18.2 Å². The maximum absolute atomic E-state index is 10.5. The van der Waals surface area contributed by atoms with E-state index in [1.165, 1.54) is 0 Å². The van der Waals surface area contributed by atoms with Gasteiger partial charge >= 0.3 is 6.09 Å². The van der Waals surface area contributed by atoms with E-state index < -0.39 is 6.09 Å². The van der Waals surface area contributed by atoms with Crippen molar-refractivity contribution in [3.8, 4) is 5.75 Å². The summed E-state index contributed by atoms with van der Waals surface area (Å²) >= 11 is 0. The molecule has 1 heterocycles. The number of benzene rings is 1. The van der Waals surface area contributed by atoms with Gasteiger partial charge in [-0.1, -0.05) is 0 Å². The molecule has 0 spiro atoms. The average molecular weight is 192 g/mol. The number of hydrogen-bond donors (Lipinski definition) is 3. The van der Waals surface area contributed by atoms with Crippen molar-refractivity contribution in [2.24, 2.45) is 5.73 Å². The third kappa shape index (κ3) is 1.45. The van der Waals surface area contributed by atoms with Crippen molar-refractivity contribution in [3.63, 3.8) is 0 Å². The van der Waals surface area contributed by atoms with Crippen LogP contribution in [0.4, 0.5) is 10.7 Å². The van der Waals surface area contributed by atoms with Crippen LogP contribution in [0.1, 0.15) is 0 Å². The highest BCUT2D eigenvalue weighted by molar-refractivity contribution is 5.79. The third-order valence-corrected chi connectivity index (χ3v) is 1.69. The van der Waals surface area contributed by atoms with Crippen LogP contribution < -0.4 is 16.2 Å². The molecule has 0 bridgehead atoms. The van der Waals surface area contributed by atoms with Gasteiger partial charge in [-0.25, -0.2) is 9.78 Å². The van der Waals surface area contributed by atoms with Gasteiger partial charge in [0, 0.05) is 6.07 Å². The van der Waals surface area contributed by atoms with Crippen molar-refractivity contribution in [2.45, 2.75) is 0 Å². The molecule has 1 aromatic carbocycles. The summed E-state index contributed by atoms with van der Waals surface area (Å²) in [5.41, 5.74) is 11.7. The number of imidazole rings is 1. The summed E-state index contributed by atoms with van der Waals surface area (Å²) in [6.45, 7) is 0. The van der Waals surface area contributed by atoms with Crippen LogP contribution in [0.2, 0.25) is 0 Å². The lowest BCUT2D eigenvalue weighted by Crippen LogP contribution is -2.16. The van der Waals surface area contributed by atoms with E-state index >= 15 is 0 Å². The van der Waals surface area contributed by atoms with Gasteiger partial charge in [0.15, 0.2) is 5.95 Å². The van der Waals surface area contributed by atoms with Gasteiger partial charge in [-0.2, -0.15) is 0 Å². The van der Waals surface area contributed by atoms with Crippen LogP contribution in [-0.4, -0.2) is 16.1 Å². The zero-order valence-electron chi connectivity index (χ0n) is 7.15. The standard InChI is InChI=1S/C8H8N4O2/c9-7-11-5-2-1-4(14-8(10)13)3-6(5)12-7/h1-3H,(H2,10,13)(H3,9,11,12). The van der Waals surface area contributed by atoms with Crippen LogP contribution in [0, 0.1) is 0 Å². The number of rotatable bonds is 1. The number of nitrogen functional groups attached to an aromatic ring is 1. The molecule has 72 valence electrons. The number of anilines is 1. The maximum atomic E-state index is 10.5. The first-order valence-corrected chi connectivity index (χ1v) is 3.87. The number of carbonyl (C=O) groups is 1. The molecule has 0 unspecified atom stereocenters. The Morgan fingerprint density at radius 3 is 3.00 bits per heavy atom. The molecule has 0 aliphatic rings. The molecule has 14 heavy (non-hydrogen) atoms. The normalized spacial score (nSPS) is 10.3. The Kier molecular flexibility index (Phi) is 1.74. The molecular weight excluding hydrogens is 184 g/mol. The zero-order valence-corrected chi connectivity index (χ0v) is 7.15. The van der Waals surface area contributed by atoms with Gasteiger partial charge in [-0.3, -0.25) is 0 Å². The highest BCUT2D eigenvalue weighted by Crippen LogP contribution is 2.19. The number of carbonyl (C=O) groups excluding carboxylic acids is 1. The minimum absolute atomic E-state index is 0.316. The fourth-order valence-corrected chi connectivity index (χ4v) is 1.19. The Labute approximate surface area is 78.9 Å². The predicted octanol–water partition coefficient (Wildman–Crippen LogP) is 0.603. The van der Waals surface area contributed by atoms with Gasteiger partial charge in [-0.15, -0.1) is 0 Å². The van der Waals surface area contributed by atoms with Crippen molar-refractivity contribution in [3.05, 3.63) is 18.2 Å². The van der Waals surface area contributed by atoms with Crippen molar-refractivity contribution in [2.75, 3.05) is 5.73 Å². The molecule has 0 fully saturated rings. The van der Waals surface area contributed by atoms with Crippen LogP contribution in [0.15, 0.2) is 18.2 Å². The molecule has 0 radical (unpaired) electrons. The Balaban J connectivity index is 2.45. The van der Waals surface area contributed by atoms with E-state index in [1.807, 2.05) is 0 Å². The van der Waals surface area contributed by atoms with Crippen LogP contribution in [0.3, 0.4) is 0 Å². The van der Waals surface area contributed by atoms with Crippen molar-refractivity contribution in [1.82, 2.24) is 9.97 Å². The van der Waals surface area contributed by atoms with E-state index in [-0.39, 0.29) is 0 Å². The second kappa shape index (κ2) is 2.91. The van der Waals surface area contributed by atoms with E-state index in [0.717, 1.165) is 0 Å². The highest BCUT2D eigenvalue weighted by atomic mass is 16.5. The minimum Gasteiger partial charge on any atom is -0.410 e. The van der Waals surface area contributed by atoms with Crippen LogP contribution in [0.25, 0.3) is 11.0 Å². The first kappa shape index (κ1) is 8.36. The quantitative estimate of drug-likeness (QED) is 0.614. The van der Waals surface area contributed by atoms with Crippen LogP contribution >= 0.6 is 0 Å². The molecule has 0 aliphatic carbocycles. The number of nitrogens with two attached hydrogens (primary N) is 2. The lowest BCUT2D eigenvalue weighted by molar-refractivity contribution is 0.211. The summed E-state index contributed by atoms with van der Waals surface area (Å²) < 4.78 is 4.68. The largest absolute Gasteiger partial charge is 0.410 e. The average Bonchev–Trinajstić information content (AvgIpc) is 2.42. The third-order valence-electron chi connectivity index (χ3n) is 1.69. The molecule has 0 saturated carbocycles. The highest BCUT2D eigenvalue weighted by Gasteiger charge is 2.03. The van der Waals surface area contributed by atoms with Gasteiger partial charge in [0.25, 0.3) is 0 Å². The molecule has 1 amide bonds. The summed E-state index contributed by atoms with van der Waals surface area (Å²) in [7, 11) is 0. The summed E-state index contributed by atoms with van der Waals surface area (Å²) in [5, 5.41) is 0. The monoisotopic (exact) mass is 192 g/mol. The van der Waals surface area contributed by atoms with Gasteiger partial charge < -0.3 is 21.2 Å². The van der Waals surface area contributed by atoms with Crippen LogP contribution in [-0.2, 0) is 0 Å². The van der Waals surface area contributed by atoms with Crippen molar-refractivity contribution >= 4 is 23.1 Å². The summed E-state index contributed by atoms with van der Waals surface area (Å²) in [6, 6.07) is 4.87. The fraction of sp³-hybridized carbons (Fsp3) is 0. The van der Waals surface area contributed by atoms with Gasteiger partial charge in [0.05, 0.1) is 11.0 Å². The topological polar surface area (TPSA) is 107 Å². The van der Waals surface area contributed by atoms with Crippen molar-refractivity contribution < 1.29 is 9.53 Å². The van der Waals surface area contributed by atoms with Gasteiger partial charge in [0.2, 0.25) is 0 Å². The number of H-pyrrole nitrogens is 1. The Bertz CT molecular complexity index is 491.